The molecule has 0 spiro atoms. The van der Waals surface area contributed by atoms with Gasteiger partial charge in [-0.1, -0.05) is 13.8 Å². The van der Waals surface area contributed by atoms with Crippen LogP contribution in [0.4, 0.5) is 0 Å². The molecule has 1 fully saturated rings. The Balaban J connectivity index is 2.44. The molecule has 0 saturated carbocycles. The number of hydrogen-bond donors (Lipinski definition) is 0. The lowest BCUT2D eigenvalue weighted by Gasteiger charge is -2.24. The van der Waals surface area contributed by atoms with E-state index in [0.29, 0.717) is 17.6 Å². The topological polar surface area (TPSA) is 26.3 Å². The Bertz CT molecular complexity index is 155. The molecule has 1 heterocycles. The van der Waals surface area contributed by atoms with Crippen molar-refractivity contribution in [1.29, 1.82) is 0 Å². The third-order valence-electron chi connectivity index (χ3n) is 3.01. The molecule has 2 nitrogen and oxygen atoms in total. The van der Waals surface area contributed by atoms with Gasteiger partial charge >= 0.3 is 0 Å². The van der Waals surface area contributed by atoms with Gasteiger partial charge in [-0.3, -0.25) is 4.79 Å². The van der Waals surface area contributed by atoms with Crippen molar-refractivity contribution in [2.24, 2.45) is 11.8 Å². The molecule has 0 amide bonds. The summed E-state index contributed by atoms with van der Waals surface area (Å²) in [5, 5.41) is 0. The Morgan fingerprint density at radius 1 is 1.31 bits per heavy atom. The summed E-state index contributed by atoms with van der Waals surface area (Å²) in [6.07, 6.45) is 3.87. The van der Waals surface area contributed by atoms with Crippen LogP contribution in [-0.4, -0.2) is 19.0 Å². The van der Waals surface area contributed by atoms with Crippen LogP contribution in [0.15, 0.2) is 0 Å². The third kappa shape index (κ3) is 2.80. The van der Waals surface area contributed by atoms with Crippen molar-refractivity contribution in [2.45, 2.75) is 39.5 Å². The van der Waals surface area contributed by atoms with Gasteiger partial charge in [-0.15, -0.1) is 0 Å². The predicted molar refractivity (Wildman–Crippen MR) is 52.6 cm³/mol. The SMILES string of the molecule is CCC(CC)C(=O)C1CCOCC1. The Morgan fingerprint density at radius 3 is 2.31 bits per heavy atom. The molecule has 0 radical (unpaired) electrons. The van der Waals surface area contributed by atoms with Gasteiger partial charge < -0.3 is 4.74 Å². The standard InChI is InChI=1S/C11H20O2/c1-3-9(4-2)11(12)10-5-7-13-8-6-10/h9-10H,3-8H2,1-2H3. The van der Waals surface area contributed by atoms with E-state index in [9.17, 15) is 4.79 Å². The van der Waals surface area contributed by atoms with Gasteiger partial charge in [-0.05, 0) is 25.7 Å². The van der Waals surface area contributed by atoms with Gasteiger partial charge in [-0.2, -0.15) is 0 Å². The zero-order valence-corrected chi connectivity index (χ0v) is 8.71. The van der Waals surface area contributed by atoms with Gasteiger partial charge in [-0.25, -0.2) is 0 Å². The van der Waals surface area contributed by atoms with E-state index in [1.807, 2.05) is 0 Å². The summed E-state index contributed by atoms with van der Waals surface area (Å²) in [4.78, 5) is 11.9. The molecule has 1 rings (SSSR count). The van der Waals surface area contributed by atoms with Gasteiger partial charge in [0.25, 0.3) is 0 Å². The molecular formula is C11H20O2. The molecule has 0 aromatic carbocycles. The number of hydrogen-bond acceptors (Lipinski definition) is 2. The van der Waals surface area contributed by atoms with Crippen molar-refractivity contribution in [1.82, 2.24) is 0 Å². The highest BCUT2D eigenvalue weighted by atomic mass is 16.5. The van der Waals surface area contributed by atoms with Crippen molar-refractivity contribution in [3.63, 3.8) is 0 Å². The van der Waals surface area contributed by atoms with Crippen molar-refractivity contribution in [3.8, 4) is 0 Å². The number of ether oxygens (including phenoxy) is 1. The fourth-order valence-electron chi connectivity index (χ4n) is 2.01. The minimum absolute atomic E-state index is 0.290. The minimum atomic E-state index is 0.290. The van der Waals surface area contributed by atoms with Crippen LogP contribution in [0.2, 0.25) is 0 Å². The number of carbonyl (C=O) groups excluding carboxylic acids is 1. The second-order valence-corrected chi connectivity index (χ2v) is 3.80. The van der Waals surface area contributed by atoms with Crippen LogP contribution >= 0.6 is 0 Å². The monoisotopic (exact) mass is 184 g/mol. The molecule has 0 bridgehead atoms. The van der Waals surface area contributed by atoms with E-state index in [-0.39, 0.29) is 0 Å². The molecule has 1 aliphatic rings. The summed E-state index contributed by atoms with van der Waals surface area (Å²) in [5.74, 6) is 1.06. The van der Waals surface area contributed by atoms with Crippen molar-refractivity contribution < 1.29 is 9.53 Å². The van der Waals surface area contributed by atoms with E-state index in [2.05, 4.69) is 13.8 Å². The first-order chi connectivity index (χ1) is 6.29. The van der Waals surface area contributed by atoms with Crippen molar-refractivity contribution in [2.75, 3.05) is 13.2 Å². The molecule has 76 valence electrons. The molecule has 2 heteroatoms. The Kier molecular flexibility index (Phi) is 4.43. The maximum atomic E-state index is 11.9. The van der Waals surface area contributed by atoms with E-state index >= 15 is 0 Å². The predicted octanol–water partition coefficient (Wildman–Crippen LogP) is 2.42. The summed E-state index contributed by atoms with van der Waals surface area (Å²) >= 11 is 0. The molecule has 13 heavy (non-hydrogen) atoms. The highest BCUT2D eigenvalue weighted by Crippen LogP contribution is 2.22. The number of Topliss-reactive ketones (excluding diaryl/α,β-unsaturated/α-hetero) is 1. The zero-order chi connectivity index (χ0) is 9.68. The highest BCUT2D eigenvalue weighted by molar-refractivity contribution is 5.83. The van der Waals surface area contributed by atoms with Crippen LogP contribution in [0.25, 0.3) is 0 Å². The maximum absolute atomic E-state index is 11.9. The van der Waals surface area contributed by atoms with Crippen molar-refractivity contribution in [3.05, 3.63) is 0 Å². The van der Waals surface area contributed by atoms with E-state index in [4.69, 9.17) is 4.74 Å². The average molecular weight is 184 g/mol. The molecule has 1 saturated heterocycles. The first-order valence-electron chi connectivity index (χ1n) is 5.41. The van der Waals surface area contributed by atoms with Crippen molar-refractivity contribution >= 4 is 5.78 Å². The minimum Gasteiger partial charge on any atom is -0.381 e. The Hall–Kier alpha value is -0.370. The smallest absolute Gasteiger partial charge is 0.139 e. The molecule has 1 aliphatic heterocycles. The largest absolute Gasteiger partial charge is 0.381 e. The fourth-order valence-corrected chi connectivity index (χ4v) is 2.01. The molecule has 0 unspecified atom stereocenters. The lowest BCUT2D eigenvalue weighted by Crippen LogP contribution is -2.28. The van der Waals surface area contributed by atoms with E-state index in [1.165, 1.54) is 0 Å². The normalized spacial score (nSPS) is 19.3. The van der Waals surface area contributed by atoms with Gasteiger partial charge in [0.15, 0.2) is 0 Å². The van der Waals surface area contributed by atoms with E-state index < -0.39 is 0 Å². The summed E-state index contributed by atoms with van der Waals surface area (Å²) in [7, 11) is 0. The third-order valence-corrected chi connectivity index (χ3v) is 3.01. The molecule has 0 aromatic heterocycles. The van der Waals surface area contributed by atoms with Crippen LogP contribution in [0, 0.1) is 11.8 Å². The number of rotatable bonds is 4. The first-order valence-corrected chi connectivity index (χ1v) is 5.41. The molecular weight excluding hydrogens is 164 g/mol. The molecule has 0 aliphatic carbocycles. The summed E-state index contributed by atoms with van der Waals surface area (Å²) in [5.41, 5.74) is 0. The second-order valence-electron chi connectivity index (χ2n) is 3.80. The Morgan fingerprint density at radius 2 is 1.85 bits per heavy atom. The Labute approximate surface area is 80.7 Å². The lowest BCUT2D eigenvalue weighted by molar-refractivity contribution is -0.129. The lowest BCUT2D eigenvalue weighted by atomic mass is 9.85. The van der Waals surface area contributed by atoms with Crippen LogP contribution in [0.5, 0.6) is 0 Å². The van der Waals surface area contributed by atoms with Crippen LogP contribution < -0.4 is 0 Å². The molecule has 0 aromatic rings. The van der Waals surface area contributed by atoms with Gasteiger partial charge in [0.05, 0.1) is 0 Å². The van der Waals surface area contributed by atoms with E-state index in [0.717, 1.165) is 38.9 Å². The fraction of sp³-hybridized carbons (Fsp3) is 0.909. The quantitative estimate of drug-likeness (QED) is 0.670. The van der Waals surface area contributed by atoms with Crippen LogP contribution in [0.1, 0.15) is 39.5 Å². The summed E-state index contributed by atoms with van der Waals surface area (Å²) < 4.78 is 5.24. The number of carbonyl (C=O) groups is 1. The maximum Gasteiger partial charge on any atom is 0.139 e. The van der Waals surface area contributed by atoms with Gasteiger partial charge in [0.1, 0.15) is 5.78 Å². The van der Waals surface area contributed by atoms with Gasteiger partial charge in [0, 0.05) is 25.0 Å². The summed E-state index contributed by atoms with van der Waals surface area (Å²) in [6, 6.07) is 0. The molecule has 0 N–H and O–H groups in total. The molecule has 0 atom stereocenters. The highest BCUT2D eigenvalue weighted by Gasteiger charge is 2.26. The summed E-state index contributed by atoms with van der Waals surface area (Å²) in [6.45, 7) is 5.75. The first kappa shape index (κ1) is 10.7. The zero-order valence-electron chi connectivity index (χ0n) is 8.71. The number of ketones is 1. The average Bonchev–Trinajstić information content (AvgIpc) is 2.21. The van der Waals surface area contributed by atoms with Gasteiger partial charge in [0.2, 0.25) is 0 Å². The van der Waals surface area contributed by atoms with Crippen LogP contribution in [0.3, 0.4) is 0 Å². The second kappa shape index (κ2) is 5.38. The van der Waals surface area contributed by atoms with E-state index in [1.54, 1.807) is 0 Å². The van der Waals surface area contributed by atoms with Crippen LogP contribution in [-0.2, 0) is 9.53 Å².